The first kappa shape index (κ1) is 24.5. The predicted molar refractivity (Wildman–Crippen MR) is 124 cm³/mol. The minimum absolute atomic E-state index is 0.0457. The van der Waals surface area contributed by atoms with E-state index in [2.05, 4.69) is 10.2 Å². The first-order valence-electron chi connectivity index (χ1n) is 10.8. The average molecular weight is 509 g/mol. The molecule has 1 aromatic heterocycles. The number of rotatable bonds is 8. The number of aryl methyl sites for hydroxylation is 2. The van der Waals surface area contributed by atoms with Crippen LogP contribution in [0.15, 0.2) is 46.9 Å². The number of hydrogen-bond acceptors (Lipinski definition) is 4. The Morgan fingerprint density at radius 2 is 1.85 bits per heavy atom. The lowest BCUT2D eigenvalue weighted by Crippen LogP contribution is -2.18. The molecule has 1 atom stereocenters. The highest BCUT2D eigenvalue weighted by Crippen LogP contribution is 2.39. The second kappa shape index (κ2) is 9.92. The van der Waals surface area contributed by atoms with Gasteiger partial charge in [-0.05, 0) is 54.7 Å². The van der Waals surface area contributed by atoms with Crippen LogP contribution in [0, 0.1) is 6.92 Å². The third-order valence-electron chi connectivity index (χ3n) is 5.60. The fraction of sp³-hybridized carbons (Fsp3) is 0.320. The Kier molecular flexibility index (Phi) is 7.14. The van der Waals surface area contributed by atoms with Crippen LogP contribution in [0.4, 0.5) is 13.2 Å². The van der Waals surface area contributed by atoms with Crippen LogP contribution >= 0.6 is 23.2 Å². The fourth-order valence-electron chi connectivity index (χ4n) is 3.69. The zero-order valence-electron chi connectivity index (χ0n) is 18.2. The Hall–Kier alpha value is -2.64. The average Bonchev–Trinajstić information content (AvgIpc) is 3.48. The molecule has 0 aliphatic heterocycles. The molecule has 0 N–H and O–H groups in total. The van der Waals surface area contributed by atoms with E-state index in [1.165, 1.54) is 24.3 Å². The number of hydrogen-bond donors (Lipinski definition) is 0. The lowest BCUT2D eigenvalue weighted by Gasteiger charge is -2.18. The SMILES string of the molecule is Cc1cc(/C=C/C(c2cc(Cl)cc(Cl)c2)C(F)(F)F)ccc1C(=O)CCc1nnc(C2CC2)o1. The molecule has 178 valence electrons. The van der Waals surface area contributed by atoms with Crippen LogP contribution in [0.25, 0.3) is 6.08 Å². The maximum atomic E-state index is 13.7. The molecular formula is C25H21Cl2F3N2O2. The Labute approximate surface area is 204 Å². The molecule has 1 aliphatic rings. The zero-order valence-corrected chi connectivity index (χ0v) is 19.7. The summed E-state index contributed by atoms with van der Waals surface area (Å²) in [5.74, 6) is -0.549. The topological polar surface area (TPSA) is 56.0 Å². The highest BCUT2D eigenvalue weighted by Gasteiger charge is 2.39. The monoisotopic (exact) mass is 508 g/mol. The predicted octanol–water partition coefficient (Wildman–Crippen LogP) is 7.74. The highest BCUT2D eigenvalue weighted by molar-refractivity contribution is 6.34. The van der Waals surface area contributed by atoms with E-state index in [0.717, 1.165) is 18.9 Å². The molecule has 9 heteroatoms. The van der Waals surface area contributed by atoms with E-state index in [1.807, 2.05) is 0 Å². The van der Waals surface area contributed by atoms with E-state index in [-0.39, 0.29) is 27.8 Å². The second-order valence-corrected chi connectivity index (χ2v) is 9.26. The van der Waals surface area contributed by atoms with Crippen molar-refractivity contribution in [2.45, 2.75) is 50.6 Å². The van der Waals surface area contributed by atoms with Crippen molar-refractivity contribution in [3.05, 3.63) is 86.6 Å². The molecule has 4 rings (SSSR count). The molecule has 34 heavy (non-hydrogen) atoms. The second-order valence-electron chi connectivity index (χ2n) is 8.39. The number of allylic oxidation sites excluding steroid dienone is 1. The van der Waals surface area contributed by atoms with Crippen molar-refractivity contribution in [2.75, 3.05) is 0 Å². The molecule has 1 heterocycles. The van der Waals surface area contributed by atoms with Gasteiger partial charge in [0.15, 0.2) is 5.78 Å². The smallest absolute Gasteiger partial charge is 0.399 e. The van der Waals surface area contributed by atoms with Gasteiger partial charge in [-0.2, -0.15) is 13.2 Å². The summed E-state index contributed by atoms with van der Waals surface area (Å²) in [6, 6.07) is 8.81. The van der Waals surface area contributed by atoms with Crippen molar-refractivity contribution in [2.24, 2.45) is 0 Å². The van der Waals surface area contributed by atoms with Gasteiger partial charge in [0.2, 0.25) is 11.8 Å². The molecule has 1 unspecified atom stereocenters. The van der Waals surface area contributed by atoms with Crippen molar-refractivity contribution in [1.29, 1.82) is 0 Å². The summed E-state index contributed by atoms with van der Waals surface area (Å²) in [5.41, 5.74) is 1.68. The van der Waals surface area contributed by atoms with Gasteiger partial charge < -0.3 is 4.42 Å². The number of nitrogens with zero attached hydrogens (tertiary/aromatic N) is 2. The van der Waals surface area contributed by atoms with Crippen LogP contribution in [-0.4, -0.2) is 22.2 Å². The van der Waals surface area contributed by atoms with Crippen molar-refractivity contribution in [3.8, 4) is 0 Å². The normalized spacial score (nSPS) is 15.1. The van der Waals surface area contributed by atoms with E-state index in [0.29, 0.717) is 40.8 Å². The molecule has 1 fully saturated rings. The molecule has 0 spiro atoms. The maximum absolute atomic E-state index is 13.7. The Bertz CT molecular complexity index is 1210. The lowest BCUT2D eigenvalue weighted by atomic mass is 9.95. The number of Topliss-reactive ketones (excluding diaryl/α,β-unsaturated/α-hetero) is 1. The minimum Gasteiger partial charge on any atom is -0.425 e. The van der Waals surface area contributed by atoms with Crippen LogP contribution in [-0.2, 0) is 6.42 Å². The number of carbonyl (C=O) groups excluding carboxylic acids is 1. The summed E-state index contributed by atoms with van der Waals surface area (Å²) in [5, 5.41) is 8.27. The van der Waals surface area contributed by atoms with Gasteiger partial charge in [0.1, 0.15) is 0 Å². The third-order valence-corrected chi connectivity index (χ3v) is 6.04. The first-order chi connectivity index (χ1) is 16.1. The molecule has 2 aromatic carbocycles. The Morgan fingerprint density at radius 1 is 1.15 bits per heavy atom. The molecule has 4 nitrogen and oxygen atoms in total. The van der Waals surface area contributed by atoms with Crippen molar-refractivity contribution >= 4 is 35.1 Å². The van der Waals surface area contributed by atoms with Gasteiger partial charge in [-0.1, -0.05) is 53.6 Å². The van der Waals surface area contributed by atoms with Gasteiger partial charge in [0, 0.05) is 34.4 Å². The summed E-state index contributed by atoms with van der Waals surface area (Å²) in [7, 11) is 0. The summed E-state index contributed by atoms with van der Waals surface area (Å²) < 4.78 is 46.7. The van der Waals surface area contributed by atoms with E-state index in [4.69, 9.17) is 27.6 Å². The number of benzene rings is 2. The van der Waals surface area contributed by atoms with Gasteiger partial charge in [0.05, 0.1) is 5.92 Å². The largest absolute Gasteiger partial charge is 0.425 e. The summed E-state index contributed by atoms with van der Waals surface area (Å²) in [6.45, 7) is 1.75. The van der Waals surface area contributed by atoms with E-state index < -0.39 is 12.1 Å². The summed E-state index contributed by atoms with van der Waals surface area (Å²) in [4.78, 5) is 12.7. The van der Waals surface area contributed by atoms with Gasteiger partial charge >= 0.3 is 6.18 Å². The standard InChI is InChI=1S/C25H21Cl2F3N2O2/c1-14-10-15(3-7-21(25(28,29)30)17-11-18(26)13-19(27)12-17)2-6-20(14)22(33)8-9-23-31-32-24(34-23)16-4-5-16/h2-3,6-7,10-13,16,21H,4-5,8-9H2,1H3/b7-3+. The number of aromatic nitrogens is 2. The lowest BCUT2D eigenvalue weighted by molar-refractivity contribution is -0.139. The maximum Gasteiger partial charge on any atom is 0.399 e. The molecule has 1 saturated carbocycles. The van der Waals surface area contributed by atoms with E-state index in [9.17, 15) is 18.0 Å². The van der Waals surface area contributed by atoms with Crippen LogP contribution in [0.1, 0.15) is 69.9 Å². The fourth-order valence-corrected chi connectivity index (χ4v) is 4.24. The zero-order chi connectivity index (χ0) is 24.5. The van der Waals surface area contributed by atoms with Gasteiger partial charge in [-0.3, -0.25) is 4.79 Å². The molecule has 0 amide bonds. The van der Waals surface area contributed by atoms with Crippen molar-refractivity contribution < 1.29 is 22.4 Å². The van der Waals surface area contributed by atoms with Gasteiger partial charge in [-0.15, -0.1) is 10.2 Å². The quantitative estimate of drug-likeness (QED) is 0.292. The van der Waals surface area contributed by atoms with Crippen LogP contribution in [0.5, 0.6) is 0 Å². The van der Waals surface area contributed by atoms with Gasteiger partial charge in [-0.25, -0.2) is 0 Å². The first-order valence-corrected chi connectivity index (χ1v) is 11.5. The molecule has 0 radical (unpaired) electrons. The molecule has 3 aromatic rings. The summed E-state index contributed by atoms with van der Waals surface area (Å²) >= 11 is 11.8. The molecule has 0 saturated heterocycles. The number of ketones is 1. The van der Waals surface area contributed by atoms with E-state index in [1.54, 1.807) is 25.1 Å². The van der Waals surface area contributed by atoms with Crippen LogP contribution in [0.3, 0.4) is 0 Å². The number of halogens is 5. The number of alkyl halides is 3. The Morgan fingerprint density at radius 3 is 2.47 bits per heavy atom. The highest BCUT2D eigenvalue weighted by atomic mass is 35.5. The minimum atomic E-state index is -4.52. The molecule has 1 aliphatic carbocycles. The molecular weight excluding hydrogens is 488 g/mol. The Balaban J connectivity index is 1.45. The van der Waals surface area contributed by atoms with Crippen molar-refractivity contribution in [1.82, 2.24) is 10.2 Å². The van der Waals surface area contributed by atoms with Crippen molar-refractivity contribution in [3.63, 3.8) is 0 Å². The van der Waals surface area contributed by atoms with Gasteiger partial charge in [0.25, 0.3) is 0 Å². The summed E-state index contributed by atoms with van der Waals surface area (Å²) in [6.07, 6.45) is 0.568. The third kappa shape index (κ3) is 6.07. The van der Waals surface area contributed by atoms with Crippen LogP contribution < -0.4 is 0 Å². The number of carbonyl (C=O) groups is 1. The molecule has 0 bridgehead atoms. The van der Waals surface area contributed by atoms with Crippen LogP contribution in [0.2, 0.25) is 10.0 Å². The van der Waals surface area contributed by atoms with E-state index >= 15 is 0 Å².